The molecule has 0 saturated heterocycles. The Kier molecular flexibility index (Phi) is 27.9. The van der Waals surface area contributed by atoms with E-state index in [1.165, 1.54) is 0 Å². The smallest absolute Gasteiger partial charge is 4.00 e. The van der Waals surface area contributed by atoms with Crippen LogP contribution in [0.2, 0.25) is 17.3 Å². The van der Waals surface area contributed by atoms with E-state index in [4.69, 9.17) is 17.2 Å². The number of rotatable bonds is 4. The maximum absolute atomic E-state index is 6.83. The molecule has 0 radical (unpaired) electrons. The topological polar surface area (TPSA) is 71.4 Å². The van der Waals surface area contributed by atoms with Crippen LogP contribution < -0.4 is 4.40 Å². The molecule has 3 unspecified atom stereocenters. The monoisotopic (exact) mass is 579 g/mol. The van der Waals surface area contributed by atoms with Gasteiger partial charge in [0, 0.05) is 0 Å². The first-order valence-corrected chi connectivity index (χ1v) is 16.6. The molecule has 0 aliphatic heterocycles. The first kappa shape index (κ1) is 33.2. The third kappa shape index (κ3) is 32.7. The fourth-order valence-electron chi connectivity index (χ4n) is 0.874. The van der Waals surface area contributed by atoms with Crippen molar-refractivity contribution in [3.8, 4) is 0 Å². The van der Waals surface area contributed by atoms with Gasteiger partial charge in [-0.25, -0.2) is 0 Å². The van der Waals surface area contributed by atoms with E-state index < -0.39 is 13.3 Å². The number of hydrogen-bond donors (Lipinski definition) is 0. The van der Waals surface area contributed by atoms with E-state index in [9.17, 15) is 0 Å². The Morgan fingerprint density at radius 3 is 1.00 bits per heavy atom. The summed E-state index contributed by atoms with van der Waals surface area (Å²) in [5, 5.41) is 0. The van der Waals surface area contributed by atoms with Crippen molar-refractivity contribution in [2.24, 2.45) is 0 Å². The SMILES string of the molecule is CCC(C)[NH-].CCC(C)[NH-].CCC(C)[NH-].[CH3][Ge]([CH3])([CH3])[c-]1cccc1.[Hf+4]. The summed E-state index contributed by atoms with van der Waals surface area (Å²) in [6.45, 7) is 11.7. The van der Waals surface area contributed by atoms with Crippen molar-refractivity contribution in [3.63, 3.8) is 0 Å². The van der Waals surface area contributed by atoms with Gasteiger partial charge in [0.1, 0.15) is 0 Å². The zero-order chi connectivity index (χ0) is 19.8. The first-order valence-electron chi connectivity index (χ1n) is 9.27. The fourth-order valence-corrected chi connectivity index (χ4v) is 3.38. The Morgan fingerprint density at radius 2 is 0.920 bits per heavy atom. The molecule has 0 aliphatic rings. The van der Waals surface area contributed by atoms with Gasteiger partial charge in [-0.3, -0.25) is 0 Å². The molecule has 1 aromatic carbocycles. The van der Waals surface area contributed by atoms with Gasteiger partial charge in [0.2, 0.25) is 0 Å². The van der Waals surface area contributed by atoms with Gasteiger partial charge in [-0.1, -0.05) is 60.8 Å². The summed E-state index contributed by atoms with van der Waals surface area (Å²) in [4.78, 5) is 0. The Morgan fingerprint density at radius 1 is 0.720 bits per heavy atom. The van der Waals surface area contributed by atoms with Crippen molar-refractivity contribution >= 4 is 17.7 Å². The normalized spacial score (nSPS) is 13.3. The van der Waals surface area contributed by atoms with Crippen molar-refractivity contribution < 1.29 is 25.8 Å². The largest absolute Gasteiger partial charge is 4.00 e. The fraction of sp³-hybridized carbons (Fsp3) is 0.750. The first-order chi connectivity index (χ1) is 10.9. The summed E-state index contributed by atoms with van der Waals surface area (Å²) in [5.74, 6) is 7.24. The van der Waals surface area contributed by atoms with Gasteiger partial charge in [0.05, 0.1) is 0 Å². The predicted octanol–water partition coefficient (Wildman–Crippen LogP) is 7.46. The number of hydrogen-bond acceptors (Lipinski definition) is 0. The standard InChI is InChI=1S/C8H13Ge.3C4H10N.Hf/c1-9(2,3)8-6-4-5-7-8;3*1-3-4(2)5;/h4-7H,1-3H3;3*4-5H,3H2,1-2H3;/q4*-1;+4. The third-order valence-corrected chi connectivity index (χ3v) is 7.70. The second-order valence-electron chi connectivity index (χ2n) is 7.35. The van der Waals surface area contributed by atoms with Crippen LogP contribution in [-0.2, 0) is 25.8 Å². The zero-order valence-corrected chi connectivity index (χ0v) is 23.9. The van der Waals surface area contributed by atoms with Crippen LogP contribution >= 0.6 is 0 Å². The summed E-state index contributed by atoms with van der Waals surface area (Å²) < 4.78 is 1.61. The van der Waals surface area contributed by atoms with Gasteiger partial charge in [-0.05, 0) is 0 Å². The quantitative estimate of drug-likeness (QED) is 0.264. The van der Waals surface area contributed by atoms with Gasteiger partial charge in [0.25, 0.3) is 0 Å². The van der Waals surface area contributed by atoms with Crippen molar-refractivity contribution in [2.45, 2.75) is 96.2 Å². The van der Waals surface area contributed by atoms with Crippen LogP contribution in [0.5, 0.6) is 0 Å². The van der Waals surface area contributed by atoms with Crippen molar-refractivity contribution in [1.82, 2.24) is 0 Å². The zero-order valence-electron chi connectivity index (χ0n) is 18.2. The van der Waals surface area contributed by atoms with E-state index >= 15 is 0 Å². The molecule has 0 bridgehead atoms. The predicted molar refractivity (Wildman–Crippen MR) is 117 cm³/mol. The Balaban J connectivity index is -0.000000122. The van der Waals surface area contributed by atoms with Crippen LogP contribution in [0.15, 0.2) is 24.3 Å². The number of nitrogens with one attached hydrogen (secondary N) is 3. The maximum Gasteiger partial charge on any atom is 4.00 e. The minimum atomic E-state index is -1.44. The summed E-state index contributed by atoms with van der Waals surface area (Å²) >= 11 is -1.44. The molecule has 0 heterocycles. The van der Waals surface area contributed by atoms with Gasteiger partial charge >= 0.3 is 85.0 Å². The molecule has 1 aromatic rings. The summed E-state index contributed by atoms with van der Waals surface area (Å²) in [5.41, 5.74) is 20.5. The average molecular weight is 577 g/mol. The minimum Gasteiger partial charge on any atom is 4.00 e. The summed E-state index contributed by atoms with van der Waals surface area (Å²) in [6.07, 6.45) is 2.92. The summed E-state index contributed by atoms with van der Waals surface area (Å²) in [6, 6.07) is 9.16. The van der Waals surface area contributed by atoms with Crippen LogP contribution in [0, 0.1) is 0 Å². The molecule has 0 spiro atoms. The summed E-state index contributed by atoms with van der Waals surface area (Å²) in [7, 11) is 0. The molecular formula is C20H43GeHfN3. The average Bonchev–Trinajstić information content (AvgIpc) is 3.03. The van der Waals surface area contributed by atoms with Gasteiger partial charge in [-0.15, -0.1) is 18.1 Å². The van der Waals surface area contributed by atoms with Crippen molar-refractivity contribution in [1.29, 1.82) is 0 Å². The van der Waals surface area contributed by atoms with E-state index in [-0.39, 0.29) is 44.0 Å². The van der Waals surface area contributed by atoms with Crippen LogP contribution in [0.4, 0.5) is 0 Å². The molecule has 3 N–H and O–H groups in total. The molecule has 25 heavy (non-hydrogen) atoms. The molecule has 146 valence electrons. The van der Waals surface area contributed by atoms with Gasteiger partial charge < -0.3 is 17.2 Å². The Bertz CT molecular complexity index is 312. The van der Waals surface area contributed by atoms with Crippen molar-refractivity contribution in [2.75, 3.05) is 0 Å². The second kappa shape index (κ2) is 20.9. The molecular weight excluding hydrogens is 533 g/mol. The van der Waals surface area contributed by atoms with Crippen LogP contribution in [0.1, 0.15) is 60.8 Å². The van der Waals surface area contributed by atoms with Crippen LogP contribution in [0.3, 0.4) is 0 Å². The molecule has 0 aromatic heterocycles. The van der Waals surface area contributed by atoms with Crippen molar-refractivity contribution in [3.05, 3.63) is 41.5 Å². The van der Waals surface area contributed by atoms with E-state index in [2.05, 4.69) is 41.5 Å². The van der Waals surface area contributed by atoms with E-state index in [1.54, 1.807) is 4.40 Å². The molecule has 1 rings (SSSR count). The van der Waals surface area contributed by atoms with Crippen LogP contribution in [-0.4, -0.2) is 31.4 Å². The third-order valence-electron chi connectivity index (χ3n) is 3.37. The molecule has 0 fully saturated rings. The minimum absolute atomic E-state index is 0. The Hall–Kier alpha value is 0.643. The van der Waals surface area contributed by atoms with Gasteiger partial charge in [-0.2, -0.15) is 0 Å². The van der Waals surface area contributed by atoms with E-state index in [0.29, 0.717) is 0 Å². The maximum atomic E-state index is 6.83. The Labute approximate surface area is 180 Å². The van der Waals surface area contributed by atoms with Gasteiger partial charge in [0.15, 0.2) is 0 Å². The molecule has 5 heteroatoms. The van der Waals surface area contributed by atoms with E-state index in [0.717, 1.165) is 19.3 Å². The van der Waals surface area contributed by atoms with Crippen LogP contribution in [0.25, 0.3) is 17.2 Å². The van der Waals surface area contributed by atoms with E-state index in [1.807, 2.05) is 41.5 Å². The molecule has 3 nitrogen and oxygen atoms in total. The second-order valence-corrected chi connectivity index (χ2v) is 18.0. The molecule has 0 aliphatic carbocycles. The molecule has 0 amide bonds. The molecule has 0 saturated carbocycles. The molecule has 3 atom stereocenters.